The number of hydrogen-bond donors (Lipinski definition) is 0. The third-order valence-corrected chi connectivity index (χ3v) is 3.58. The maximum Gasteiger partial charge on any atom is 0.306 e. The number of rotatable bonds is 4. The number of carbonyl (C=O) groups is 1. The maximum atomic E-state index is 11.4. The lowest BCUT2D eigenvalue weighted by molar-refractivity contribution is -0.143. The van der Waals surface area contributed by atoms with Crippen molar-refractivity contribution in [3.05, 3.63) is 40.7 Å². The smallest absolute Gasteiger partial charge is 0.306 e. The molecule has 2 aromatic rings. The summed E-state index contributed by atoms with van der Waals surface area (Å²) in [5.41, 5.74) is 4.52. The number of benzene rings is 1. The van der Waals surface area contributed by atoms with Crippen LogP contribution in [-0.2, 0) is 16.0 Å². The van der Waals surface area contributed by atoms with Gasteiger partial charge in [-0.3, -0.25) is 9.78 Å². The second-order valence-electron chi connectivity index (χ2n) is 5.16. The Morgan fingerprint density at radius 3 is 2.55 bits per heavy atom. The van der Waals surface area contributed by atoms with Gasteiger partial charge in [-0.05, 0) is 56.3 Å². The number of pyridine rings is 1. The summed E-state index contributed by atoms with van der Waals surface area (Å²) < 4.78 is 4.95. The Balaban J connectivity index is 2.28. The molecule has 106 valence electrons. The summed E-state index contributed by atoms with van der Waals surface area (Å²) in [6, 6.07) is 6.45. The molecule has 0 aliphatic heterocycles. The molecule has 1 aromatic carbocycles. The number of ether oxygens (including phenoxy) is 1. The van der Waals surface area contributed by atoms with E-state index in [9.17, 15) is 4.79 Å². The highest BCUT2D eigenvalue weighted by Gasteiger charge is 2.07. The molecule has 0 atom stereocenters. The van der Waals surface area contributed by atoms with Gasteiger partial charge in [0.25, 0.3) is 0 Å². The van der Waals surface area contributed by atoms with Crippen LogP contribution in [0, 0.1) is 20.8 Å². The quantitative estimate of drug-likeness (QED) is 0.797. The second-order valence-corrected chi connectivity index (χ2v) is 5.16. The van der Waals surface area contributed by atoms with Gasteiger partial charge < -0.3 is 4.74 Å². The lowest BCUT2D eigenvalue weighted by Crippen LogP contribution is -2.06. The number of nitrogens with zero attached hydrogens (tertiary/aromatic N) is 1. The van der Waals surface area contributed by atoms with E-state index in [0.717, 1.165) is 11.4 Å². The minimum Gasteiger partial charge on any atom is -0.466 e. The molecule has 0 amide bonds. The van der Waals surface area contributed by atoms with Crippen LogP contribution in [0.3, 0.4) is 0 Å². The molecular weight excluding hydrogens is 250 g/mol. The van der Waals surface area contributed by atoms with Crippen molar-refractivity contribution in [3.63, 3.8) is 0 Å². The van der Waals surface area contributed by atoms with Gasteiger partial charge in [0, 0.05) is 23.2 Å². The van der Waals surface area contributed by atoms with Gasteiger partial charge in [-0.25, -0.2) is 0 Å². The van der Waals surface area contributed by atoms with Crippen LogP contribution in [0.5, 0.6) is 0 Å². The van der Waals surface area contributed by atoms with E-state index in [-0.39, 0.29) is 5.97 Å². The maximum absolute atomic E-state index is 11.4. The number of aryl methyl sites for hydroxylation is 4. The van der Waals surface area contributed by atoms with Gasteiger partial charge in [0.2, 0.25) is 0 Å². The summed E-state index contributed by atoms with van der Waals surface area (Å²) in [5, 5.41) is 2.38. The average molecular weight is 271 g/mol. The van der Waals surface area contributed by atoms with Crippen molar-refractivity contribution in [1.29, 1.82) is 0 Å². The predicted molar refractivity (Wildman–Crippen MR) is 80.9 cm³/mol. The van der Waals surface area contributed by atoms with E-state index in [4.69, 9.17) is 4.74 Å². The average Bonchev–Trinajstić information content (AvgIpc) is 2.39. The van der Waals surface area contributed by atoms with E-state index >= 15 is 0 Å². The van der Waals surface area contributed by atoms with Crippen LogP contribution in [-0.4, -0.2) is 17.6 Å². The van der Waals surface area contributed by atoms with Crippen molar-refractivity contribution in [1.82, 2.24) is 4.98 Å². The van der Waals surface area contributed by atoms with E-state index in [1.165, 1.54) is 21.9 Å². The zero-order valence-electron chi connectivity index (χ0n) is 12.6. The summed E-state index contributed by atoms with van der Waals surface area (Å²) in [6.45, 7) is 8.50. The number of esters is 1. The Kier molecular flexibility index (Phi) is 4.38. The third-order valence-electron chi connectivity index (χ3n) is 3.58. The van der Waals surface area contributed by atoms with Crippen LogP contribution in [0.25, 0.3) is 10.8 Å². The summed E-state index contributed by atoms with van der Waals surface area (Å²) in [5.74, 6) is -0.160. The highest BCUT2D eigenvalue weighted by atomic mass is 16.5. The predicted octanol–water partition coefficient (Wildman–Crippen LogP) is 3.66. The van der Waals surface area contributed by atoms with Gasteiger partial charge in [-0.2, -0.15) is 0 Å². The highest BCUT2D eigenvalue weighted by molar-refractivity contribution is 5.86. The molecule has 1 heterocycles. The SMILES string of the molecule is CCOC(=O)CCc1cc2cc(C)c(C)cc2c(C)n1. The molecule has 0 N–H and O–H groups in total. The molecule has 1 aromatic heterocycles. The molecule has 3 heteroatoms. The molecule has 20 heavy (non-hydrogen) atoms. The summed E-state index contributed by atoms with van der Waals surface area (Å²) in [7, 11) is 0. The van der Waals surface area contributed by atoms with Gasteiger partial charge in [0.05, 0.1) is 13.0 Å². The molecule has 0 radical (unpaired) electrons. The van der Waals surface area contributed by atoms with E-state index in [1.54, 1.807) is 0 Å². The van der Waals surface area contributed by atoms with Crippen molar-refractivity contribution < 1.29 is 9.53 Å². The first-order chi connectivity index (χ1) is 9.51. The highest BCUT2D eigenvalue weighted by Crippen LogP contribution is 2.23. The normalized spacial score (nSPS) is 10.8. The fourth-order valence-corrected chi connectivity index (χ4v) is 2.35. The van der Waals surface area contributed by atoms with Crippen LogP contribution in [0.2, 0.25) is 0 Å². The summed E-state index contributed by atoms with van der Waals surface area (Å²) in [4.78, 5) is 16.0. The number of hydrogen-bond acceptors (Lipinski definition) is 3. The zero-order valence-corrected chi connectivity index (χ0v) is 12.6. The van der Waals surface area contributed by atoms with Crippen LogP contribution in [0.1, 0.15) is 35.9 Å². The van der Waals surface area contributed by atoms with Crippen LogP contribution < -0.4 is 0 Å². The number of aromatic nitrogens is 1. The van der Waals surface area contributed by atoms with Crippen molar-refractivity contribution in [2.75, 3.05) is 6.61 Å². The lowest BCUT2D eigenvalue weighted by atomic mass is 10.0. The zero-order chi connectivity index (χ0) is 14.7. The Hall–Kier alpha value is -1.90. The molecule has 0 spiro atoms. The van der Waals surface area contributed by atoms with Gasteiger partial charge in [0.1, 0.15) is 0 Å². The van der Waals surface area contributed by atoms with Gasteiger partial charge in [0.15, 0.2) is 0 Å². The second kappa shape index (κ2) is 6.04. The first kappa shape index (κ1) is 14.5. The molecule has 2 rings (SSSR count). The molecule has 0 aliphatic rings. The van der Waals surface area contributed by atoms with Gasteiger partial charge >= 0.3 is 5.97 Å². The Bertz CT molecular complexity index is 647. The van der Waals surface area contributed by atoms with Crippen molar-refractivity contribution in [3.8, 4) is 0 Å². The first-order valence-electron chi connectivity index (χ1n) is 7.04. The van der Waals surface area contributed by atoms with Crippen molar-refractivity contribution in [2.45, 2.75) is 40.5 Å². The molecule has 0 bridgehead atoms. The summed E-state index contributed by atoms with van der Waals surface area (Å²) in [6.07, 6.45) is 1.01. The minimum absolute atomic E-state index is 0.160. The topological polar surface area (TPSA) is 39.2 Å². The minimum atomic E-state index is -0.160. The molecule has 3 nitrogen and oxygen atoms in total. The van der Waals surface area contributed by atoms with Crippen molar-refractivity contribution in [2.24, 2.45) is 0 Å². The van der Waals surface area contributed by atoms with E-state index in [2.05, 4.69) is 37.0 Å². The van der Waals surface area contributed by atoms with Gasteiger partial charge in [-0.1, -0.05) is 6.07 Å². The van der Waals surface area contributed by atoms with E-state index < -0.39 is 0 Å². The fourth-order valence-electron chi connectivity index (χ4n) is 2.35. The van der Waals surface area contributed by atoms with Crippen LogP contribution >= 0.6 is 0 Å². The molecular formula is C17H21NO2. The van der Waals surface area contributed by atoms with Gasteiger partial charge in [-0.15, -0.1) is 0 Å². The first-order valence-corrected chi connectivity index (χ1v) is 7.04. The third kappa shape index (κ3) is 3.16. The van der Waals surface area contributed by atoms with E-state index in [1.807, 2.05) is 13.8 Å². The van der Waals surface area contributed by atoms with Crippen LogP contribution in [0.15, 0.2) is 18.2 Å². The Labute approximate surface area is 120 Å². The molecule has 0 aliphatic carbocycles. The molecule has 0 fully saturated rings. The standard InChI is InChI=1S/C17H21NO2/c1-5-20-17(19)7-6-15-10-14-8-11(2)12(3)9-16(14)13(4)18-15/h8-10H,5-7H2,1-4H3. The summed E-state index contributed by atoms with van der Waals surface area (Å²) >= 11 is 0. The largest absolute Gasteiger partial charge is 0.466 e. The lowest BCUT2D eigenvalue weighted by Gasteiger charge is -2.09. The number of carbonyl (C=O) groups excluding carboxylic acids is 1. The fraction of sp³-hybridized carbons (Fsp3) is 0.412. The Morgan fingerprint density at radius 2 is 1.85 bits per heavy atom. The number of fused-ring (bicyclic) bond motifs is 1. The monoisotopic (exact) mass is 271 g/mol. The van der Waals surface area contributed by atoms with Crippen LogP contribution in [0.4, 0.5) is 0 Å². The molecule has 0 saturated heterocycles. The Morgan fingerprint density at radius 1 is 1.15 bits per heavy atom. The molecule has 0 unspecified atom stereocenters. The van der Waals surface area contributed by atoms with E-state index in [0.29, 0.717) is 19.4 Å². The van der Waals surface area contributed by atoms with Crippen molar-refractivity contribution >= 4 is 16.7 Å². The molecule has 0 saturated carbocycles.